The molecular weight excluding hydrogens is 321 g/mol. The van der Waals surface area contributed by atoms with Crippen LogP contribution >= 0.6 is 0 Å². The smallest absolute Gasteiger partial charge is 0.357 e. The minimum absolute atomic E-state index is 0.145. The van der Waals surface area contributed by atoms with Crippen LogP contribution in [0.15, 0.2) is 18.6 Å². The molecule has 0 radical (unpaired) electrons. The molecule has 126 valence electrons. The van der Waals surface area contributed by atoms with Gasteiger partial charge in [-0.2, -0.15) is 18.4 Å². The second-order valence-electron chi connectivity index (χ2n) is 5.82. The number of halogens is 3. The van der Waals surface area contributed by atoms with E-state index in [2.05, 4.69) is 15.0 Å². The number of rotatable bonds is 3. The lowest BCUT2D eigenvalue weighted by Gasteiger charge is -2.28. The minimum Gasteiger partial charge on any atom is -0.357 e. The topological polar surface area (TPSA) is 70.6 Å². The highest BCUT2D eigenvalue weighted by atomic mass is 19.4. The van der Waals surface area contributed by atoms with Crippen LogP contribution in [0.2, 0.25) is 0 Å². The largest absolute Gasteiger partial charge is 0.434 e. The van der Waals surface area contributed by atoms with Crippen LogP contribution in [0, 0.1) is 17.2 Å². The highest BCUT2D eigenvalue weighted by Crippen LogP contribution is 2.31. The molecule has 6 nitrogen and oxygen atoms in total. The predicted molar refractivity (Wildman–Crippen MR) is 79.1 cm³/mol. The first-order chi connectivity index (χ1) is 11.4. The molecule has 3 rings (SSSR count). The Hall–Kier alpha value is -2.63. The molecule has 0 aliphatic carbocycles. The predicted octanol–water partition coefficient (Wildman–Crippen LogP) is 2.26. The first-order valence-corrected chi connectivity index (χ1v) is 7.44. The van der Waals surface area contributed by atoms with E-state index in [-0.39, 0.29) is 11.6 Å². The van der Waals surface area contributed by atoms with E-state index in [0.717, 1.165) is 12.6 Å². The van der Waals surface area contributed by atoms with Crippen molar-refractivity contribution in [2.24, 2.45) is 5.92 Å². The fourth-order valence-electron chi connectivity index (χ4n) is 2.96. The van der Waals surface area contributed by atoms with Crippen molar-refractivity contribution < 1.29 is 13.2 Å². The average molecular weight is 336 g/mol. The molecule has 0 fully saturated rings. The summed E-state index contributed by atoms with van der Waals surface area (Å²) in [5.41, 5.74) is -0.606. The van der Waals surface area contributed by atoms with E-state index in [4.69, 9.17) is 5.26 Å². The molecule has 1 aliphatic heterocycles. The van der Waals surface area contributed by atoms with E-state index in [1.165, 1.54) is 12.4 Å². The Morgan fingerprint density at radius 1 is 1.38 bits per heavy atom. The van der Waals surface area contributed by atoms with Crippen molar-refractivity contribution in [2.45, 2.75) is 25.6 Å². The molecule has 2 aromatic heterocycles. The van der Waals surface area contributed by atoms with Crippen molar-refractivity contribution in [3.63, 3.8) is 0 Å². The first kappa shape index (κ1) is 16.2. The number of anilines is 1. The normalized spacial score (nSPS) is 17.2. The summed E-state index contributed by atoms with van der Waals surface area (Å²) in [7, 11) is 1.80. The van der Waals surface area contributed by atoms with Gasteiger partial charge in [0.05, 0.1) is 0 Å². The zero-order valence-corrected chi connectivity index (χ0v) is 13.0. The molecule has 1 aliphatic rings. The Bertz CT molecular complexity index is 776. The van der Waals surface area contributed by atoms with Gasteiger partial charge >= 0.3 is 6.18 Å². The maximum absolute atomic E-state index is 12.8. The highest BCUT2D eigenvalue weighted by Gasteiger charge is 2.35. The van der Waals surface area contributed by atoms with Crippen molar-refractivity contribution in [1.29, 1.82) is 5.26 Å². The molecule has 0 unspecified atom stereocenters. The average Bonchev–Trinajstić information content (AvgIpc) is 2.98. The monoisotopic (exact) mass is 336 g/mol. The third-order valence-corrected chi connectivity index (χ3v) is 4.06. The second-order valence-corrected chi connectivity index (χ2v) is 5.82. The van der Waals surface area contributed by atoms with Gasteiger partial charge in [-0.15, -0.1) is 0 Å². The lowest BCUT2D eigenvalue weighted by molar-refractivity contribution is -0.141. The van der Waals surface area contributed by atoms with Crippen LogP contribution in [0.1, 0.15) is 23.6 Å². The number of imidazole rings is 1. The molecule has 0 aromatic carbocycles. The van der Waals surface area contributed by atoms with Crippen LogP contribution in [0.3, 0.4) is 0 Å². The summed E-state index contributed by atoms with van der Waals surface area (Å²) in [6.45, 7) is 1.04. The third kappa shape index (κ3) is 3.18. The summed E-state index contributed by atoms with van der Waals surface area (Å²) >= 11 is 0. The lowest BCUT2D eigenvalue weighted by atomic mass is 9.99. The first-order valence-electron chi connectivity index (χ1n) is 7.44. The van der Waals surface area contributed by atoms with Crippen molar-refractivity contribution in [1.82, 2.24) is 19.5 Å². The molecule has 1 atom stereocenters. The zero-order valence-electron chi connectivity index (χ0n) is 13.0. The van der Waals surface area contributed by atoms with Gasteiger partial charge in [-0.3, -0.25) is 0 Å². The number of hydrogen-bond acceptors (Lipinski definition) is 5. The lowest BCUT2D eigenvalue weighted by Crippen LogP contribution is -2.32. The summed E-state index contributed by atoms with van der Waals surface area (Å²) in [5, 5.41) is 9.08. The van der Waals surface area contributed by atoms with E-state index in [1.54, 1.807) is 11.6 Å². The van der Waals surface area contributed by atoms with Crippen LogP contribution < -0.4 is 4.90 Å². The fraction of sp³-hybridized carbons (Fsp3) is 0.467. The van der Waals surface area contributed by atoms with Crippen molar-refractivity contribution in [3.05, 3.63) is 35.8 Å². The van der Waals surface area contributed by atoms with Crippen LogP contribution in [-0.4, -0.2) is 33.1 Å². The molecular formula is C15H15F3N6. The Kier molecular flexibility index (Phi) is 4.13. The van der Waals surface area contributed by atoms with Gasteiger partial charge in [0, 0.05) is 45.1 Å². The molecule has 0 saturated heterocycles. The summed E-state index contributed by atoms with van der Waals surface area (Å²) in [6.07, 6.45) is 0.855. The van der Waals surface area contributed by atoms with E-state index in [9.17, 15) is 13.2 Å². The van der Waals surface area contributed by atoms with Gasteiger partial charge in [0.15, 0.2) is 17.2 Å². The second kappa shape index (κ2) is 6.11. The van der Waals surface area contributed by atoms with Crippen molar-refractivity contribution in [3.8, 4) is 6.07 Å². The van der Waals surface area contributed by atoms with Crippen molar-refractivity contribution >= 4 is 5.82 Å². The molecule has 2 aromatic rings. The Labute approximate surface area is 136 Å². The molecule has 0 N–H and O–H groups in total. The molecule has 0 spiro atoms. The zero-order chi connectivity index (χ0) is 17.3. The molecule has 9 heteroatoms. The van der Waals surface area contributed by atoms with Gasteiger partial charge in [-0.1, -0.05) is 0 Å². The highest BCUT2D eigenvalue weighted by molar-refractivity contribution is 5.48. The summed E-state index contributed by atoms with van der Waals surface area (Å²) in [6, 6.07) is 1.99. The van der Waals surface area contributed by atoms with Gasteiger partial charge < -0.3 is 9.47 Å². The fourth-order valence-corrected chi connectivity index (χ4v) is 2.96. The van der Waals surface area contributed by atoms with Gasteiger partial charge in [-0.25, -0.2) is 15.0 Å². The third-order valence-electron chi connectivity index (χ3n) is 4.06. The van der Waals surface area contributed by atoms with Gasteiger partial charge in [0.2, 0.25) is 0 Å². The molecule has 0 amide bonds. The Morgan fingerprint density at radius 3 is 2.83 bits per heavy atom. The van der Waals surface area contributed by atoms with Crippen LogP contribution in [0.25, 0.3) is 0 Å². The minimum atomic E-state index is -4.42. The van der Waals surface area contributed by atoms with E-state index in [1.807, 2.05) is 11.0 Å². The molecule has 0 bridgehead atoms. The molecule has 0 saturated carbocycles. The Balaban J connectivity index is 1.72. The van der Waals surface area contributed by atoms with Gasteiger partial charge in [0.1, 0.15) is 11.9 Å². The maximum Gasteiger partial charge on any atom is 0.434 e. The quantitative estimate of drug-likeness (QED) is 0.860. The number of alkyl halides is 3. The van der Waals surface area contributed by atoms with E-state index < -0.39 is 11.9 Å². The molecule has 3 heterocycles. The number of aromatic nitrogens is 4. The number of nitrogens with zero attached hydrogens (tertiary/aromatic N) is 6. The van der Waals surface area contributed by atoms with Crippen LogP contribution in [-0.2, 0) is 19.1 Å². The van der Waals surface area contributed by atoms with E-state index in [0.29, 0.717) is 31.2 Å². The molecule has 24 heavy (non-hydrogen) atoms. The number of nitriles is 1. The Morgan fingerprint density at radius 2 is 2.12 bits per heavy atom. The number of fused-ring (bicyclic) bond motifs is 1. The number of hydrogen-bond donors (Lipinski definition) is 0. The summed E-state index contributed by atoms with van der Waals surface area (Å²) in [5.74, 6) is 1.09. The van der Waals surface area contributed by atoms with Crippen LogP contribution in [0.4, 0.5) is 19.0 Å². The van der Waals surface area contributed by atoms with Crippen molar-refractivity contribution in [2.75, 3.05) is 18.5 Å². The maximum atomic E-state index is 12.8. The SMILES string of the molecule is CN(C[C@H]1CCc2nc(C(F)(F)F)cn2C1)c1nccnc1C#N. The summed E-state index contributed by atoms with van der Waals surface area (Å²) in [4.78, 5) is 13.6. The standard InChI is InChI=1S/C15H15F3N6/c1-23(14-11(6-19)20-4-5-21-14)7-10-2-3-13-22-12(15(16,17)18)9-24(13)8-10/h4-5,9-10H,2-3,7-8H2,1H3/t10-/m1/s1. The number of aryl methyl sites for hydroxylation is 1. The summed E-state index contributed by atoms with van der Waals surface area (Å²) < 4.78 is 39.8. The van der Waals surface area contributed by atoms with Gasteiger partial charge in [0.25, 0.3) is 0 Å². The van der Waals surface area contributed by atoms with Crippen LogP contribution in [0.5, 0.6) is 0 Å². The van der Waals surface area contributed by atoms with E-state index >= 15 is 0 Å². The van der Waals surface area contributed by atoms with Gasteiger partial charge in [-0.05, 0) is 12.3 Å².